The molecule has 120 valence electrons. The molecule has 0 aromatic heterocycles. The summed E-state index contributed by atoms with van der Waals surface area (Å²) in [5, 5.41) is 29.6. The van der Waals surface area contributed by atoms with Gasteiger partial charge in [0.1, 0.15) is 22.8 Å². The van der Waals surface area contributed by atoms with Crippen molar-refractivity contribution in [1.82, 2.24) is 0 Å². The van der Waals surface area contributed by atoms with Gasteiger partial charge in [-0.05, 0) is 61.6 Å². The Morgan fingerprint density at radius 1 is 1.00 bits per heavy atom. The SMILES string of the molecule is C[C@]1(c2ccc(O)cc2)Oc2ccc(O)cc2[C@@H]2C[C@H](O)C[C@@H]21. The fraction of sp³-hybridized carbons (Fsp3) is 0.368. The van der Waals surface area contributed by atoms with Crippen molar-refractivity contribution in [2.45, 2.75) is 37.4 Å². The molecule has 0 bridgehead atoms. The molecule has 4 heteroatoms. The van der Waals surface area contributed by atoms with Crippen LogP contribution in [0.1, 0.15) is 36.8 Å². The van der Waals surface area contributed by atoms with Crippen LogP contribution in [-0.4, -0.2) is 21.4 Å². The van der Waals surface area contributed by atoms with Gasteiger partial charge in [0, 0.05) is 11.5 Å². The van der Waals surface area contributed by atoms with E-state index in [4.69, 9.17) is 4.74 Å². The number of hydrogen-bond acceptors (Lipinski definition) is 4. The van der Waals surface area contributed by atoms with Crippen molar-refractivity contribution >= 4 is 0 Å². The van der Waals surface area contributed by atoms with Crippen molar-refractivity contribution in [2.24, 2.45) is 5.92 Å². The Bertz CT molecular complexity index is 740. The van der Waals surface area contributed by atoms with Gasteiger partial charge >= 0.3 is 0 Å². The maximum absolute atomic E-state index is 10.2. The molecule has 4 rings (SSSR count). The summed E-state index contributed by atoms with van der Waals surface area (Å²) in [6.07, 6.45) is 0.980. The predicted octanol–water partition coefficient (Wildman–Crippen LogP) is 3.26. The van der Waals surface area contributed by atoms with Gasteiger partial charge in [0.05, 0.1) is 6.10 Å². The second-order valence-corrected chi connectivity index (χ2v) is 6.82. The molecule has 0 amide bonds. The molecule has 23 heavy (non-hydrogen) atoms. The number of benzene rings is 2. The Hall–Kier alpha value is -2.20. The van der Waals surface area contributed by atoms with E-state index in [-0.39, 0.29) is 29.4 Å². The van der Waals surface area contributed by atoms with Crippen LogP contribution in [-0.2, 0) is 5.60 Å². The van der Waals surface area contributed by atoms with Gasteiger partial charge in [-0.3, -0.25) is 0 Å². The molecule has 1 fully saturated rings. The number of aliphatic hydroxyl groups is 1. The number of hydrogen-bond donors (Lipinski definition) is 3. The second-order valence-electron chi connectivity index (χ2n) is 6.82. The van der Waals surface area contributed by atoms with Crippen LogP contribution in [0.5, 0.6) is 17.2 Å². The minimum Gasteiger partial charge on any atom is -0.508 e. The fourth-order valence-electron chi connectivity index (χ4n) is 4.25. The Morgan fingerprint density at radius 2 is 1.70 bits per heavy atom. The Morgan fingerprint density at radius 3 is 2.43 bits per heavy atom. The van der Waals surface area contributed by atoms with E-state index >= 15 is 0 Å². The van der Waals surface area contributed by atoms with Crippen molar-refractivity contribution in [2.75, 3.05) is 0 Å². The molecular weight excluding hydrogens is 292 g/mol. The number of ether oxygens (including phenoxy) is 1. The van der Waals surface area contributed by atoms with Crippen LogP contribution >= 0.6 is 0 Å². The molecule has 4 nitrogen and oxygen atoms in total. The highest BCUT2D eigenvalue weighted by atomic mass is 16.5. The third-order valence-electron chi connectivity index (χ3n) is 5.40. The van der Waals surface area contributed by atoms with Gasteiger partial charge in [-0.25, -0.2) is 0 Å². The summed E-state index contributed by atoms with van der Waals surface area (Å²) in [5.74, 6) is 1.48. The molecule has 3 N–H and O–H groups in total. The zero-order chi connectivity index (χ0) is 16.2. The quantitative estimate of drug-likeness (QED) is 0.756. The Labute approximate surface area is 135 Å². The minimum absolute atomic E-state index is 0.122. The lowest BCUT2D eigenvalue weighted by atomic mass is 9.72. The molecule has 0 radical (unpaired) electrons. The van der Waals surface area contributed by atoms with Crippen LogP contribution in [0.2, 0.25) is 0 Å². The van der Waals surface area contributed by atoms with Crippen molar-refractivity contribution in [3.8, 4) is 17.2 Å². The molecule has 4 atom stereocenters. The van der Waals surface area contributed by atoms with Gasteiger partial charge in [0.15, 0.2) is 0 Å². The van der Waals surface area contributed by atoms with Gasteiger partial charge in [-0.1, -0.05) is 12.1 Å². The molecule has 0 saturated heterocycles. The lowest BCUT2D eigenvalue weighted by Crippen LogP contribution is -2.42. The molecule has 0 unspecified atom stereocenters. The van der Waals surface area contributed by atoms with E-state index in [0.717, 1.165) is 16.9 Å². The van der Waals surface area contributed by atoms with Crippen LogP contribution in [0.15, 0.2) is 42.5 Å². The van der Waals surface area contributed by atoms with Gasteiger partial charge < -0.3 is 20.1 Å². The van der Waals surface area contributed by atoms with E-state index in [2.05, 4.69) is 0 Å². The van der Waals surface area contributed by atoms with Gasteiger partial charge in [-0.15, -0.1) is 0 Å². The van der Waals surface area contributed by atoms with Crippen molar-refractivity contribution in [3.05, 3.63) is 53.6 Å². The number of phenols is 2. The van der Waals surface area contributed by atoms with E-state index in [9.17, 15) is 15.3 Å². The van der Waals surface area contributed by atoms with Crippen LogP contribution in [0, 0.1) is 5.92 Å². The average molecular weight is 312 g/mol. The number of phenolic OH excluding ortho intramolecular Hbond substituents is 2. The van der Waals surface area contributed by atoms with Crippen molar-refractivity contribution in [1.29, 1.82) is 0 Å². The zero-order valence-electron chi connectivity index (χ0n) is 12.9. The van der Waals surface area contributed by atoms with Gasteiger partial charge in [0.25, 0.3) is 0 Å². The monoisotopic (exact) mass is 312 g/mol. The van der Waals surface area contributed by atoms with Crippen LogP contribution in [0.4, 0.5) is 0 Å². The maximum Gasteiger partial charge on any atom is 0.135 e. The lowest BCUT2D eigenvalue weighted by molar-refractivity contribution is -0.00519. The van der Waals surface area contributed by atoms with E-state index in [1.165, 1.54) is 0 Å². The maximum atomic E-state index is 10.2. The summed E-state index contributed by atoms with van der Waals surface area (Å²) in [5.41, 5.74) is 1.39. The van der Waals surface area contributed by atoms with E-state index in [1.807, 2.05) is 19.1 Å². The molecule has 2 aromatic rings. The van der Waals surface area contributed by atoms with Gasteiger partial charge in [-0.2, -0.15) is 0 Å². The highest BCUT2D eigenvalue weighted by Crippen LogP contribution is 2.57. The molecule has 2 aromatic carbocycles. The normalized spacial score (nSPS) is 32.0. The summed E-state index contributed by atoms with van der Waals surface area (Å²) in [6, 6.07) is 12.3. The van der Waals surface area contributed by atoms with Crippen LogP contribution < -0.4 is 4.74 Å². The first-order valence-corrected chi connectivity index (χ1v) is 7.97. The second kappa shape index (κ2) is 4.90. The Kier molecular flexibility index (Phi) is 3.07. The predicted molar refractivity (Wildman–Crippen MR) is 85.7 cm³/mol. The fourth-order valence-corrected chi connectivity index (χ4v) is 4.25. The average Bonchev–Trinajstić information content (AvgIpc) is 2.92. The summed E-state index contributed by atoms with van der Waals surface area (Å²) >= 11 is 0. The standard InChI is InChI=1S/C19H20O4/c1-19(11-2-4-12(20)5-3-11)17-10-14(22)9-15(17)16-8-13(21)6-7-18(16)23-19/h2-8,14-15,17,20-22H,9-10H2,1H3/t14-,15-,17-,19+/m0/s1. The molecule has 0 spiro atoms. The number of fused-ring (bicyclic) bond motifs is 3. The number of rotatable bonds is 1. The minimum atomic E-state index is -0.570. The topological polar surface area (TPSA) is 69.9 Å². The van der Waals surface area contributed by atoms with E-state index in [1.54, 1.807) is 30.3 Å². The molecule has 2 aliphatic rings. The molecule has 1 heterocycles. The zero-order valence-corrected chi connectivity index (χ0v) is 12.9. The summed E-state index contributed by atoms with van der Waals surface area (Å²) in [7, 11) is 0. The Balaban J connectivity index is 1.85. The number of aliphatic hydroxyl groups excluding tert-OH is 1. The first-order valence-electron chi connectivity index (χ1n) is 7.97. The first kappa shape index (κ1) is 14.4. The number of aromatic hydroxyl groups is 2. The molecular formula is C19H20O4. The highest BCUT2D eigenvalue weighted by molar-refractivity contribution is 5.47. The summed E-state index contributed by atoms with van der Waals surface area (Å²) in [4.78, 5) is 0. The largest absolute Gasteiger partial charge is 0.508 e. The van der Waals surface area contributed by atoms with Crippen molar-refractivity contribution in [3.63, 3.8) is 0 Å². The molecule has 1 saturated carbocycles. The van der Waals surface area contributed by atoms with Crippen LogP contribution in [0.25, 0.3) is 0 Å². The first-order chi connectivity index (χ1) is 11.0. The third kappa shape index (κ3) is 2.17. The van der Waals surface area contributed by atoms with E-state index < -0.39 is 5.60 Å². The van der Waals surface area contributed by atoms with Crippen molar-refractivity contribution < 1.29 is 20.1 Å². The third-order valence-corrected chi connectivity index (χ3v) is 5.40. The highest BCUT2D eigenvalue weighted by Gasteiger charge is 2.52. The molecule has 1 aliphatic carbocycles. The van der Waals surface area contributed by atoms with Crippen LogP contribution in [0.3, 0.4) is 0 Å². The molecule has 1 aliphatic heterocycles. The smallest absolute Gasteiger partial charge is 0.135 e. The van der Waals surface area contributed by atoms with Gasteiger partial charge in [0.2, 0.25) is 0 Å². The van der Waals surface area contributed by atoms with E-state index in [0.29, 0.717) is 12.8 Å². The summed E-state index contributed by atoms with van der Waals surface area (Å²) < 4.78 is 6.36. The summed E-state index contributed by atoms with van der Waals surface area (Å²) in [6.45, 7) is 2.05. The lowest BCUT2D eigenvalue weighted by Gasteiger charge is -2.44.